The fraction of sp³-hybridized carbons (Fsp3) is 0.208. The minimum atomic E-state index is -0.985. The van der Waals surface area contributed by atoms with E-state index in [1.54, 1.807) is 12.1 Å². The van der Waals surface area contributed by atoms with Crippen LogP contribution in [0.2, 0.25) is 0 Å². The Morgan fingerprint density at radius 2 is 1.84 bits per heavy atom. The van der Waals surface area contributed by atoms with Crippen LogP contribution in [0.5, 0.6) is 11.5 Å². The number of aromatic hydroxyl groups is 1. The average Bonchev–Trinajstić information content (AvgIpc) is 2.75. The standard InChI is InChI=1S/C24H23NO5S/c1-3-4-20-21(10-9-19(15(2)26)23(20)27)30-14-16-5-7-18(8-6-16)31-22-13-17(24(28)29)11-12-25-22/h5-13,27H,3-4,14H2,1-2H3,(H,28,29). The third-order valence-corrected chi connectivity index (χ3v) is 5.58. The lowest BCUT2D eigenvalue weighted by molar-refractivity contribution is 0.0696. The van der Waals surface area contributed by atoms with Crippen LogP contribution in [0, 0.1) is 0 Å². The van der Waals surface area contributed by atoms with Gasteiger partial charge in [-0.05, 0) is 55.3 Å². The largest absolute Gasteiger partial charge is 0.507 e. The van der Waals surface area contributed by atoms with E-state index in [9.17, 15) is 14.7 Å². The van der Waals surface area contributed by atoms with E-state index in [4.69, 9.17) is 9.84 Å². The number of ketones is 1. The Morgan fingerprint density at radius 3 is 2.48 bits per heavy atom. The molecule has 2 N–H and O–H groups in total. The smallest absolute Gasteiger partial charge is 0.335 e. The summed E-state index contributed by atoms with van der Waals surface area (Å²) in [6.07, 6.45) is 2.91. The summed E-state index contributed by atoms with van der Waals surface area (Å²) in [6, 6.07) is 14.0. The summed E-state index contributed by atoms with van der Waals surface area (Å²) in [5, 5.41) is 20.2. The van der Waals surface area contributed by atoms with E-state index in [-0.39, 0.29) is 17.1 Å². The summed E-state index contributed by atoms with van der Waals surface area (Å²) in [5.74, 6) is -0.605. The third-order valence-electron chi connectivity index (χ3n) is 4.64. The number of nitrogens with zero attached hydrogens (tertiary/aromatic N) is 1. The second-order valence-corrected chi connectivity index (χ2v) is 8.06. The van der Waals surface area contributed by atoms with Gasteiger partial charge in [-0.2, -0.15) is 0 Å². The van der Waals surface area contributed by atoms with Crippen LogP contribution in [0.3, 0.4) is 0 Å². The van der Waals surface area contributed by atoms with Crippen LogP contribution in [-0.4, -0.2) is 26.9 Å². The maximum atomic E-state index is 11.7. The van der Waals surface area contributed by atoms with Crippen LogP contribution in [0.1, 0.15) is 52.1 Å². The number of aromatic carboxylic acids is 1. The Morgan fingerprint density at radius 1 is 1.10 bits per heavy atom. The first-order chi connectivity index (χ1) is 14.9. The van der Waals surface area contributed by atoms with E-state index < -0.39 is 5.97 Å². The number of hydrogen-bond donors (Lipinski definition) is 2. The van der Waals surface area contributed by atoms with Crippen molar-refractivity contribution in [1.82, 2.24) is 4.98 Å². The summed E-state index contributed by atoms with van der Waals surface area (Å²) in [6.45, 7) is 3.74. The summed E-state index contributed by atoms with van der Waals surface area (Å²) in [7, 11) is 0. The van der Waals surface area contributed by atoms with Gasteiger partial charge in [0.15, 0.2) is 5.78 Å². The highest BCUT2D eigenvalue weighted by Gasteiger charge is 2.16. The SMILES string of the molecule is CCCc1c(OCc2ccc(Sc3cc(C(=O)O)ccn3)cc2)ccc(C(C)=O)c1O. The highest BCUT2D eigenvalue weighted by atomic mass is 32.2. The molecule has 3 rings (SSSR count). The first-order valence-corrected chi connectivity index (χ1v) is 10.7. The summed E-state index contributed by atoms with van der Waals surface area (Å²) >= 11 is 1.38. The Labute approximate surface area is 184 Å². The predicted molar refractivity (Wildman–Crippen MR) is 118 cm³/mol. The number of pyridine rings is 1. The van der Waals surface area contributed by atoms with Crippen molar-refractivity contribution in [2.75, 3.05) is 0 Å². The van der Waals surface area contributed by atoms with Crippen LogP contribution in [0.4, 0.5) is 0 Å². The minimum absolute atomic E-state index is 0.00492. The number of phenols is 1. The van der Waals surface area contributed by atoms with E-state index in [0.29, 0.717) is 34.9 Å². The lowest BCUT2D eigenvalue weighted by atomic mass is 10.0. The molecule has 0 radical (unpaired) electrons. The number of carboxylic acid groups (broad SMARTS) is 1. The molecule has 0 saturated heterocycles. The molecule has 6 nitrogen and oxygen atoms in total. The number of carbonyl (C=O) groups is 2. The molecule has 0 fully saturated rings. The molecule has 0 unspecified atom stereocenters. The molecule has 7 heteroatoms. The fourth-order valence-corrected chi connectivity index (χ4v) is 3.88. The molecule has 0 aliphatic rings. The molecule has 0 aliphatic carbocycles. The number of hydrogen-bond acceptors (Lipinski definition) is 6. The first-order valence-electron chi connectivity index (χ1n) is 9.83. The zero-order chi connectivity index (χ0) is 22.4. The van der Waals surface area contributed by atoms with Crippen LogP contribution < -0.4 is 4.74 Å². The van der Waals surface area contributed by atoms with Crippen molar-refractivity contribution in [2.45, 2.75) is 43.2 Å². The van der Waals surface area contributed by atoms with Gasteiger partial charge in [-0.3, -0.25) is 4.79 Å². The first kappa shape index (κ1) is 22.4. The molecule has 2 aromatic carbocycles. The van der Waals surface area contributed by atoms with Crippen molar-refractivity contribution in [3.63, 3.8) is 0 Å². The second kappa shape index (κ2) is 10.1. The number of benzene rings is 2. The van der Waals surface area contributed by atoms with Gasteiger partial charge < -0.3 is 14.9 Å². The number of rotatable bonds is 9. The molecule has 0 aliphatic heterocycles. The number of carboxylic acids is 1. The molecule has 3 aromatic rings. The van der Waals surface area contributed by atoms with Crippen LogP contribution in [-0.2, 0) is 13.0 Å². The van der Waals surface area contributed by atoms with Gasteiger partial charge in [0, 0.05) is 16.7 Å². The van der Waals surface area contributed by atoms with E-state index in [0.717, 1.165) is 16.9 Å². The lowest BCUT2D eigenvalue weighted by Gasteiger charge is -2.15. The van der Waals surface area contributed by atoms with Crippen LogP contribution in [0.25, 0.3) is 0 Å². The highest BCUT2D eigenvalue weighted by Crippen LogP contribution is 2.33. The normalized spacial score (nSPS) is 10.6. The van der Waals surface area contributed by atoms with Crippen molar-refractivity contribution in [1.29, 1.82) is 0 Å². The van der Waals surface area contributed by atoms with Gasteiger partial charge in [-0.15, -0.1) is 0 Å². The third kappa shape index (κ3) is 5.64. The Bertz CT molecular complexity index is 1100. The summed E-state index contributed by atoms with van der Waals surface area (Å²) < 4.78 is 5.94. The zero-order valence-electron chi connectivity index (χ0n) is 17.3. The second-order valence-electron chi connectivity index (χ2n) is 6.97. The van der Waals surface area contributed by atoms with E-state index in [1.807, 2.05) is 31.2 Å². The molecule has 0 spiro atoms. The molecule has 0 bridgehead atoms. The molecule has 0 amide bonds. The Balaban J connectivity index is 1.69. The molecule has 0 atom stereocenters. The fourth-order valence-electron chi connectivity index (χ4n) is 3.06. The number of aromatic nitrogens is 1. The van der Waals surface area contributed by atoms with Gasteiger partial charge in [0.2, 0.25) is 0 Å². The van der Waals surface area contributed by atoms with Gasteiger partial charge in [0.25, 0.3) is 0 Å². The zero-order valence-corrected chi connectivity index (χ0v) is 18.1. The maximum absolute atomic E-state index is 11.7. The van der Waals surface area contributed by atoms with Crippen molar-refractivity contribution in [3.05, 3.63) is 77.0 Å². The molecular formula is C24H23NO5S. The van der Waals surface area contributed by atoms with Crippen LogP contribution >= 0.6 is 11.8 Å². The number of phenolic OH excluding ortho intramolecular Hbond substituents is 1. The van der Waals surface area contributed by atoms with Gasteiger partial charge in [-0.25, -0.2) is 9.78 Å². The van der Waals surface area contributed by atoms with Gasteiger partial charge >= 0.3 is 5.97 Å². The summed E-state index contributed by atoms with van der Waals surface area (Å²) in [4.78, 5) is 27.9. The van der Waals surface area contributed by atoms with Crippen molar-refractivity contribution in [2.24, 2.45) is 0 Å². The predicted octanol–water partition coefficient (Wildman–Crippen LogP) is 5.37. The maximum Gasteiger partial charge on any atom is 0.335 e. The molecular weight excluding hydrogens is 414 g/mol. The van der Waals surface area contributed by atoms with E-state index in [1.165, 1.54) is 37.0 Å². The Kier molecular flexibility index (Phi) is 7.31. The summed E-state index contributed by atoms with van der Waals surface area (Å²) in [5.41, 5.74) is 2.09. The molecule has 0 saturated carbocycles. The molecule has 1 heterocycles. The van der Waals surface area contributed by atoms with Crippen molar-refractivity contribution < 1.29 is 24.5 Å². The van der Waals surface area contributed by atoms with Crippen molar-refractivity contribution in [3.8, 4) is 11.5 Å². The molecule has 160 valence electrons. The van der Waals surface area contributed by atoms with Gasteiger partial charge in [0.1, 0.15) is 23.1 Å². The van der Waals surface area contributed by atoms with E-state index in [2.05, 4.69) is 4.98 Å². The lowest BCUT2D eigenvalue weighted by Crippen LogP contribution is -2.02. The highest BCUT2D eigenvalue weighted by molar-refractivity contribution is 7.99. The minimum Gasteiger partial charge on any atom is -0.507 e. The number of Topliss-reactive ketones (excluding diaryl/α,β-unsaturated/α-hetero) is 1. The van der Waals surface area contributed by atoms with Crippen molar-refractivity contribution >= 4 is 23.5 Å². The monoisotopic (exact) mass is 437 g/mol. The molecule has 1 aromatic heterocycles. The number of carbonyl (C=O) groups excluding carboxylic acids is 1. The van der Waals surface area contributed by atoms with Crippen LogP contribution in [0.15, 0.2) is 64.6 Å². The average molecular weight is 438 g/mol. The van der Waals surface area contributed by atoms with Gasteiger partial charge in [-0.1, -0.05) is 37.2 Å². The van der Waals surface area contributed by atoms with E-state index >= 15 is 0 Å². The Hall–Kier alpha value is -3.32. The van der Waals surface area contributed by atoms with Gasteiger partial charge in [0.05, 0.1) is 11.1 Å². The molecule has 31 heavy (non-hydrogen) atoms. The quantitative estimate of drug-likeness (QED) is 0.434. The number of ether oxygens (including phenoxy) is 1. The topological polar surface area (TPSA) is 96.7 Å².